The molecule has 2 rings (SSSR count). The maximum absolute atomic E-state index is 13.5. The van der Waals surface area contributed by atoms with Gasteiger partial charge in [-0.15, -0.1) is 0 Å². The van der Waals surface area contributed by atoms with Crippen molar-refractivity contribution in [2.24, 2.45) is 0 Å². The number of nitrogens with zero attached hydrogens (tertiary/aromatic N) is 3. The van der Waals surface area contributed by atoms with E-state index in [9.17, 15) is 10.1 Å². The Kier molecular flexibility index (Phi) is 9.42. The second-order valence-electron chi connectivity index (χ2n) is 9.66. The minimum atomic E-state index is -2.95. The monoisotopic (exact) mass is 533 g/mol. The topological polar surface area (TPSA) is 67.9 Å². The van der Waals surface area contributed by atoms with Crippen molar-refractivity contribution in [3.8, 4) is 6.07 Å². The Morgan fingerprint density at radius 1 is 1.06 bits per heavy atom. The van der Waals surface area contributed by atoms with Gasteiger partial charge >= 0.3 is 192 Å². The molecule has 0 aliphatic carbocycles. The van der Waals surface area contributed by atoms with Crippen molar-refractivity contribution in [3.63, 3.8) is 0 Å². The molecule has 0 atom stereocenters. The summed E-state index contributed by atoms with van der Waals surface area (Å²) in [6.07, 6.45) is 6.76. The summed E-state index contributed by atoms with van der Waals surface area (Å²) in [5.74, 6) is 0. The van der Waals surface area contributed by atoms with E-state index in [0.717, 1.165) is 5.39 Å². The Balaban J connectivity index is 2.78. The molecule has 0 N–H and O–H groups in total. The molecule has 0 saturated heterocycles. The first-order valence-corrected chi connectivity index (χ1v) is 19.4. The average molecular weight is 532 g/mol. The van der Waals surface area contributed by atoms with Gasteiger partial charge in [0.25, 0.3) is 0 Å². The van der Waals surface area contributed by atoms with Gasteiger partial charge in [-0.2, -0.15) is 0 Å². The first kappa shape index (κ1) is 25.7. The van der Waals surface area contributed by atoms with Crippen molar-refractivity contribution in [2.45, 2.75) is 99.0 Å². The van der Waals surface area contributed by atoms with Crippen LogP contribution in [-0.2, 0) is 4.74 Å². The summed E-state index contributed by atoms with van der Waals surface area (Å²) >= 11 is -2.95. The summed E-state index contributed by atoms with van der Waals surface area (Å²) in [6.45, 7) is 12.4. The van der Waals surface area contributed by atoms with Gasteiger partial charge in [0.1, 0.15) is 0 Å². The van der Waals surface area contributed by atoms with Crippen LogP contribution in [0.1, 0.15) is 85.8 Å². The molecule has 2 heterocycles. The van der Waals surface area contributed by atoms with Crippen LogP contribution in [-0.4, -0.2) is 39.6 Å². The van der Waals surface area contributed by atoms with Crippen LogP contribution in [0.25, 0.3) is 11.0 Å². The Morgan fingerprint density at radius 3 is 2.06 bits per heavy atom. The Hall–Kier alpha value is -1.55. The van der Waals surface area contributed by atoms with Crippen LogP contribution in [0.4, 0.5) is 4.79 Å². The SMILES string of the molecule is CCC[CH2][Sn]([CH2]CCC)([CH2]CCC)[c]1cc2ccc(C#N)nc2n1C(=O)OC(C)(C)C. The molecule has 0 aliphatic rings. The molecule has 2 aromatic heterocycles. The minimum absolute atomic E-state index is 0.332. The number of nitriles is 1. The van der Waals surface area contributed by atoms with E-state index in [0.29, 0.717) is 11.3 Å². The molecule has 31 heavy (non-hydrogen) atoms. The van der Waals surface area contributed by atoms with Crippen molar-refractivity contribution in [1.82, 2.24) is 9.55 Å². The summed E-state index contributed by atoms with van der Waals surface area (Å²) in [5, 5.41) is 10.3. The molecule has 0 aromatic carbocycles. The second-order valence-corrected chi connectivity index (χ2v) is 22.7. The maximum atomic E-state index is 13.5. The third-order valence-electron chi connectivity index (χ3n) is 5.91. The number of pyridine rings is 1. The number of aromatic nitrogens is 2. The van der Waals surface area contributed by atoms with Gasteiger partial charge in [-0.3, -0.25) is 0 Å². The van der Waals surface area contributed by atoms with Gasteiger partial charge in [-0.05, 0) is 0 Å². The number of hydrogen-bond donors (Lipinski definition) is 0. The molecule has 0 spiro atoms. The number of fused-ring (bicyclic) bond motifs is 1. The molecule has 6 heteroatoms. The van der Waals surface area contributed by atoms with Crippen LogP contribution in [0.5, 0.6) is 0 Å². The van der Waals surface area contributed by atoms with Crippen LogP contribution in [0.2, 0.25) is 13.3 Å². The summed E-state index contributed by atoms with van der Waals surface area (Å²) in [4.78, 5) is 18.0. The van der Waals surface area contributed by atoms with E-state index in [1.165, 1.54) is 55.5 Å². The van der Waals surface area contributed by atoms with Crippen LogP contribution in [0.3, 0.4) is 0 Å². The molecule has 0 radical (unpaired) electrons. The predicted molar refractivity (Wildman–Crippen MR) is 131 cm³/mol. The fourth-order valence-electron chi connectivity index (χ4n) is 4.33. The zero-order valence-electron chi connectivity index (χ0n) is 20.3. The Morgan fingerprint density at radius 2 is 1.61 bits per heavy atom. The van der Waals surface area contributed by atoms with Crippen LogP contribution >= 0.6 is 0 Å². The van der Waals surface area contributed by atoms with Crippen LogP contribution in [0.15, 0.2) is 18.2 Å². The molecular formula is C25H39N3O2Sn. The van der Waals surface area contributed by atoms with Gasteiger partial charge in [0.2, 0.25) is 0 Å². The van der Waals surface area contributed by atoms with E-state index < -0.39 is 24.0 Å². The molecule has 170 valence electrons. The quantitative estimate of drug-likeness (QED) is 0.318. The van der Waals surface area contributed by atoms with Gasteiger partial charge < -0.3 is 0 Å². The standard InChI is InChI=1S/C13H12N3O2.3C4H9.Sn/c1-13(2,3)18-12(17)16-7-6-9-4-5-10(8-14)15-11(9)16;3*1-3-4-2;/h4-6H,1-3H3;3*1,3-4H2,2H3;. The predicted octanol–water partition coefficient (Wildman–Crippen LogP) is 6.75. The second kappa shape index (κ2) is 11.4. The van der Waals surface area contributed by atoms with Crippen molar-refractivity contribution >= 4 is 39.2 Å². The van der Waals surface area contributed by atoms with Gasteiger partial charge in [0.15, 0.2) is 0 Å². The van der Waals surface area contributed by atoms with E-state index in [1.54, 1.807) is 10.6 Å². The van der Waals surface area contributed by atoms with Gasteiger partial charge in [-0.1, -0.05) is 0 Å². The fraction of sp³-hybridized carbons (Fsp3) is 0.640. The molecule has 0 amide bonds. The van der Waals surface area contributed by atoms with E-state index in [1.807, 2.05) is 26.8 Å². The van der Waals surface area contributed by atoms with E-state index in [2.05, 4.69) is 37.9 Å². The molecule has 0 aliphatic heterocycles. The number of unbranched alkanes of at least 4 members (excludes halogenated alkanes) is 3. The summed E-state index contributed by atoms with van der Waals surface area (Å²) in [6, 6.07) is 8.01. The number of rotatable bonds is 10. The van der Waals surface area contributed by atoms with E-state index in [4.69, 9.17) is 4.74 Å². The number of carbonyl (C=O) groups is 1. The average Bonchev–Trinajstić information content (AvgIpc) is 3.11. The molecule has 2 aromatic rings. The summed E-state index contributed by atoms with van der Waals surface area (Å²) in [5.41, 5.74) is 0.318. The number of ether oxygens (including phenoxy) is 1. The first-order chi connectivity index (χ1) is 14.7. The Labute approximate surface area is 192 Å². The molecule has 0 bridgehead atoms. The van der Waals surface area contributed by atoms with Crippen molar-refractivity contribution in [3.05, 3.63) is 23.9 Å². The van der Waals surface area contributed by atoms with Gasteiger partial charge in [0.05, 0.1) is 0 Å². The molecular weight excluding hydrogens is 493 g/mol. The van der Waals surface area contributed by atoms with E-state index >= 15 is 0 Å². The van der Waals surface area contributed by atoms with Crippen LogP contribution < -0.4 is 3.71 Å². The third kappa shape index (κ3) is 6.47. The summed E-state index contributed by atoms with van der Waals surface area (Å²) < 4.78 is 12.6. The fourth-order valence-corrected chi connectivity index (χ4v) is 20.7. The number of carbonyl (C=O) groups excluding carboxylic acids is 1. The number of hydrogen-bond acceptors (Lipinski definition) is 4. The molecule has 5 nitrogen and oxygen atoms in total. The van der Waals surface area contributed by atoms with Crippen molar-refractivity contribution < 1.29 is 9.53 Å². The van der Waals surface area contributed by atoms with E-state index in [-0.39, 0.29) is 6.09 Å². The summed E-state index contributed by atoms with van der Waals surface area (Å²) in [7, 11) is 0. The zero-order chi connectivity index (χ0) is 23.1. The molecule has 0 saturated carbocycles. The van der Waals surface area contributed by atoms with Crippen molar-refractivity contribution in [1.29, 1.82) is 5.26 Å². The van der Waals surface area contributed by atoms with Crippen LogP contribution in [0, 0.1) is 11.3 Å². The van der Waals surface area contributed by atoms with Gasteiger partial charge in [0, 0.05) is 0 Å². The van der Waals surface area contributed by atoms with Gasteiger partial charge in [-0.25, -0.2) is 0 Å². The van der Waals surface area contributed by atoms with Crippen molar-refractivity contribution in [2.75, 3.05) is 0 Å². The molecule has 0 fully saturated rings. The molecule has 0 unspecified atom stereocenters. The zero-order valence-corrected chi connectivity index (χ0v) is 23.1. The third-order valence-corrected chi connectivity index (χ3v) is 21.3. The first-order valence-electron chi connectivity index (χ1n) is 11.9. The normalized spacial score (nSPS) is 12.2. The Bertz CT molecular complexity index is 899.